The molecule has 2 N–H and O–H groups in total. The van der Waals surface area contributed by atoms with Gasteiger partial charge in [0.15, 0.2) is 5.60 Å². The van der Waals surface area contributed by atoms with Crippen LogP contribution in [0.4, 0.5) is 5.82 Å². The topological polar surface area (TPSA) is 75.1 Å². The molecule has 2 aromatic heterocycles. The van der Waals surface area contributed by atoms with Gasteiger partial charge >= 0.3 is 0 Å². The third kappa shape index (κ3) is 3.61. The van der Waals surface area contributed by atoms with Crippen LogP contribution in [-0.2, 0) is 16.8 Å². The lowest BCUT2D eigenvalue weighted by atomic mass is 9.87. The Kier molecular flexibility index (Phi) is 4.83. The maximum Gasteiger partial charge on any atom is 0.262 e. The van der Waals surface area contributed by atoms with Crippen molar-refractivity contribution in [2.45, 2.75) is 12.0 Å². The summed E-state index contributed by atoms with van der Waals surface area (Å²) in [6.45, 7) is 0. The largest absolute Gasteiger partial charge is 0.375 e. The number of carbonyl (C=O) groups is 1. The molecule has 5 nitrogen and oxygen atoms in total. The van der Waals surface area contributed by atoms with Crippen LogP contribution >= 0.6 is 0 Å². The number of aromatic nitrogens is 2. The van der Waals surface area contributed by atoms with Crippen molar-refractivity contribution in [2.75, 3.05) is 5.32 Å². The highest BCUT2D eigenvalue weighted by Gasteiger charge is 2.38. The van der Waals surface area contributed by atoms with Gasteiger partial charge in [0.05, 0.1) is 5.52 Å². The average Bonchev–Trinajstić information content (AvgIpc) is 2.75. The van der Waals surface area contributed by atoms with E-state index < -0.39 is 11.5 Å². The van der Waals surface area contributed by atoms with Crippen LogP contribution in [0.2, 0.25) is 0 Å². The molecule has 4 rings (SSSR count). The molecule has 138 valence electrons. The Hall–Kier alpha value is -3.57. The Morgan fingerprint density at radius 3 is 2.43 bits per heavy atom. The van der Waals surface area contributed by atoms with Crippen LogP contribution in [-0.4, -0.2) is 21.0 Å². The summed E-state index contributed by atoms with van der Waals surface area (Å²) in [7, 11) is 0. The summed E-state index contributed by atoms with van der Waals surface area (Å²) in [5.74, 6) is -0.166. The molecule has 1 amide bonds. The zero-order valence-corrected chi connectivity index (χ0v) is 15.1. The van der Waals surface area contributed by atoms with E-state index in [2.05, 4.69) is 15.3 Å². The van der Waals surface area contributed by atoms with E-state index in [-0.39, 0.29) is 6.42 Å². The van der Waals surface area contributed by atoms with E-state index in [1.54, 1.807) is 48.7 Å². The van der Waals surface area contributed by atoms with Crippen molar-refractivity contribution >= 4 is 22.6 Å². The molecular weight excluding hydrogens is 350 g/mol. The first-order chi connectivity index (χ1) is 13.6. The lowest BCUT2D eigenvalue weighted by Gasteiger charge is -2.27. The Morgan fingerprint density at radius 2 is 1.64 bits per heavy atom. The van der Waals surface area contributed by atoms with Crippen molar-refractivity contribution in [1.82, 2.24) is 9.97 Å². The van der Waals surface area contributed by atoms with Gasteiger partial charge in [-0.2, -0.15) is 0 Å². The van der Waals surface area contributed by atoms with Crippen LogP contribution in [0.15, 0.2) is 91.1 Å². The van der Waals surface area contributed by atoms with Crippen LogP contribution in [0.3, 0.4) is 0 Å². The van der Waals surface area contributed by atoms with Gasteiger partial charge in [-0.25, -0.2) is 4.98 Å². The predicted molar refractivity (Wildman–Crippen MR) is 109 cm³/mol. The van der Waals surface area contributed by atoms with Crippen LogP contribution in [0, 0.1) is 0 Å². The number of pyridine rings is 2. The molecule has 1 unspecified atom stereocenters. The number of nitrogens with zero attached hydrogens (tertiary/aromatic N) is 2. The van der Waals surface area contributed by atoms with Crippen molar-refractivity contribution in [1.29, 1.82) is 0 Å². The smallest absolute Gasteiger partial charge is 0.262 e. The molecule has 0 spiro atoms. The molecule has 0 bridgehead atoms. The summed E-state index contributed by atoms with van der Waals surface area (Å²) in [4.78, 5) is 21.8. The van der Waals surface area contributed by atoms with E-state index in [1.807, 2.05) is 42.5 Å². The highest BCUT2D eigenvalue weighted by atomic mass is 16.3. The van der Waals surface area contributed by atoms with Gasteiger partial charge in [-0.15, -0.1) is 0 Å². The van der Waals surface area contributed by atoms with Gasteiger partial charge in [0.1, 0.15) is 5.82 Å². The molecule has 0 aliphatic rings. The number of benzene rings is 2. The summed E-state index contributed by atoms with van der Waals surface area (Å²) in [5.41, 5.74) is 0.161. The van der Waals surface area contributed by atoms with Gasteiger partial charge in [0.25, 0.3) is 5.91 Å². The van der Waals surface area contributed by atoms with Crippen molar-refractivity contribution < 1.29 is 9.90 Å². The summed E-state index contributed by atoms with van der Waals surface area (Å²) in [6, 6.07) is 25.6. The second-order valence-electron chi connectivity index (χ2n) is 6.57. The molecular formula is C23H19N3O2. The molecule has 28 heavy (non-hydrogen) atoms. The molecule has 0 radical (unpaired) electrons. The lowest BCUT2D eigenvalue weighted by Crippen LogP contribution is -2.42. The van der Waals surface area contributed by atoms with Crippen LogP contribution < -0.4 is 5.32 Å². The SMILES string of the molecule is O=C(Nc1ccccn1)C(O)(Cc1ccc2ccccc2n1)c1ccccc1. The number of fused-ring (bicyclic) bond motifs is 1. The Labute approximate surface area is 162 Å². The fraction of sp³-hybridized carbons (Fsp3) is 0.0870. The maximum absolute atomic E-state index is 13.1. The highest BCUT2D eigenvalue weighted by Crippen LogP contribution is 2.28. The number of rotatable bonds is 5. The molecule has 0 saturated carbocycles. The molecule has 2 aromatic carbocycles. The second-order valence-corrected chi connectivity index (χ2v) is 6.57. The number of anilines is 1. The number of hydrogen-bond acceptors (Lipinski definition) is 4. The molecule has 5 heteroatoms. The minimum absolute atomic E-state index is 0.0422. The van der Waals surface area contributed by atoms with Gasteiger partial charge in [-0.05, 0) is 29.8 Å². The first kappa shape index (κ1) is 17.8. The van der Waals surface area contributed by atoms with Crippen molar-refractivity contribution in [3.8, 4) is 0 Å². The van der Waals surface area contributed by atoms with Crippen molar-refractivity contribution in [3.63, 3.8) is 0 Å². The Balaban J connectivity index is 1.71. The highest BCUT2D eigenvalue weighted by molar-refractivity contribution is 5.97. The van der Waals surface area contributed by atoms with E-state index in [0.29, 0.717) is 17.1 Å². The summed E-state index contributed by atoms with van der Waals surface area (Å²) in [6.07, 6.45) is 1.63. The van der Waals surface area contributed by atoms with E-state index in [1.165, 1.54) is 0 Å². The molecule has 0 fully saturated rings. The fourth-order valence-electron chi connectivity index (χ4n) is 3.15. The Morgan fingerprint density at radius 1 is 0.893 bits per heavy atom. The first-order valence-corrected chi connectivity index (χ1v) is 9.00. The van der Waals surface area contributed by atoms with E-state index in [9.17, 15) is 9.90 Å². The zero-order valence-electron chi connectivity index (χ0n) is 15.1. The van der Waals surface area contributed by atoms with E-state index in [4.69, 9.17) is 0 Å². The molecule has 2 heterocycles. The number of carbonyl (C=O) groups excluding carboxylic acids is 1. The minimum atomic E-state index is -1.78. The van der Waals surface area contributed by atoms with Gasteiger partial charge < -0.3 is 10.4 Å². The van der Waals surface area contributed by atoms with Gasteiger partial charge in [0, 0.05) is 23.7 Å². The van der Waals surface area contributed by atoms with Gasteiger partial charge in [-0.3, -0.25) is 9.78 Å². The zero-order chi connectivity index (χ0) is 19.4. The van der Waals surface area contributed by atoms with Crippen LogP contribution in [0.25, 0.3) is 10.9 Å². The number of para-hydroxylation sites is 1. The van der Waals surface area contributed by atoms with Crippen molar-refractivity contribution in [2.24, 2.45) is 0 Å². The maximum atomic E-state index is 13.1. The predicted octanol–water partition coefficient (Wildman–Crippen LogP) is 3.70. The molecule has 0 saturated heterocycles. The number of nitrogens with one attached hydrogen (secondary N) is 1. The van der Waals surface area contributed by atoms with Crippen molar-refractivity contribution in [3.05, 3.63) is 102 Å². The Bertz CT molecular complexity index is 1100. The number of hydrogen-bond donors (Lipinski definition) is 2. The van der Waals surface area contributed by atoms with E-state index in [0.717, 1.165) is 10.9 Å². The monoisotopic (exact) mass is 369 g/mol. The summed E-state index contributed by atoms with van der Waals surface area (Å²) >= 11 is 0. The quantitative estimate of drug-likeness (QED) is 0.562. The second kappa shape index (κ2) is 7.58. The standard InChI is InChI=1S/C23H19N3O2/c27-22(26-21-12-6-7-15-24-21)23(28,18-9-2-1-3-10-18)16-19-14-13-17-8-4-5-11-20(17)25-19/h1-15,28H,16H2,(H,24,26,27). The molecule has 0 aliphatic carbocycles. The number of aliphatic hydroxyl groups is 1. The third-order valence-corrected chi connectivity index (χ3v) is 4.63. The fourth-order valence-corrected chi connectivity index (χ4v) is 3.15. The average molecular weight is 369 g/mol. The first-order valence-electron chi connectivity index (χ1n) is 9.00. The summed E-state index contributed by atoms with van der Waals surface area (Å²) in [5, 5.41) is 15.2. The van der Waals surface area contributed by atoms with Crippen LogP contribution in [0.1, 0.15) is 11.3 Å². The molecule has 4 aromatic rings. The van der Waals surface area contributed by atoms with Crippen LogP contribution in [0.5, 0.6) is 0 Å². The molecule has 1 atom stereocenters. The van der Waals surface area contributed by atoms with Gasteiger partial charge in [-0.1, -0.05) is 60.7 Å². The minimum Gasteiger partial charge on any atom is -0.375 e. The normalized spacial score (nSPS) is 13.0. The summed E-state index contributed by atoms with van der Waals surface area (Å²) < 4.78 is 0. The third-order valence-electron chi connectivity index (χ3n) is 4.63. The van der Waals surface area contributed by atoms with Gasteiger partial charge in [0.2, 0.25) is 0 Å². The lowest BCUT2D eigenvalue weighted by molar-refractivity contribution is -0.135. The van der Waals surface area contributed by atoms with E-state index >= 15 is 0 Å². The molecule has 0 aliphatic heterocycles. The number of amides is 1.